The highest BCUT2D eigenvalue weighted by molar-refractivity contribution is 6.06. The Bertz CT molecular complexity index is 910. The Labute approximate surface area is 134 Å². The number of carbonyl (C=O) groups is 1. The fraction of sp³-hybridized carbons (Fsp3) is 0.353. The van der Waals surface area contributed by atoms with Gasteiger partial charge in [0.2, 0.25) is 5.91 Å². The Morgan fingerprint density at radius 3 is 2.61 bits per heavy atom. The molecule has 0 saturated carbocycles. The molecule has 23 heavy (non-hydrogen) atoms. The smallest absolute Gasteiger partial charge is 0.224 e. The summed E-state index contributed by atoms with van der Waals surface area (Å²) in [7, 11) is 0. The molecule has 0 spiro atoms. The molecular formula is C17H21N5O. The van der Waals surface area contributed by atoms with Gasteiger partial charge in [-0.1, -0.05) is 25.1 Å². The number of hydrogen-bond donors (Lipinski definition) is 2. The van der Waals surface area contributed by atoms with Crippen molar-refractivity contribution < 1.29 is 4.79 Å². The van der Waals surface area contributed by atoms with Crippen molar-refractivity contribution in [2.45, 2.75) is 33.7 Å². The van der Waals surface area contributed by atoms with E-state index in [-0.39, 0.29) is 5.91 Å². The highest BCUT2D eigenvalue weighted by atomic mass is 16.1. The van der Waals surface area contributed by atoms with Crippen LogP contribution in [0.4, 0.5) is 5.82 Å². The molecule has 0 atom stereocenters. The normalized spacial score (nSPS) is 12.1. The monoisotopic (exact) mass is 311 g/mol. The van der Waals surface area contributed by atoms with Crippen LogP contribution in [0.3, 0.4) is 0 Å². The van der Waals surface area contributed by atoms with E-state index < -0.39 is 5.41 Å². The summed E-state index contributed by atoms with van der Waals surface area (Å²) in [4.78, 5) is 20.8. The standard InChI is InChI=1S/C17H21N5O/c1-4-12-21-13-14(22(12)9-17(2,3)16(19)23)10-7-5-6-8-11(10)20-15(13)18/h5-8H,4,9H2,1-3H3,(H2,18,20)(H2,19,23). The Morgan fingerprint density at radius 1 is 1.26 bits per heavy atom. The Morgan fingerprint density at radius 2 is 1.96 bits per heavy atom. The van der Waals surface area contributed by atoms with Gasteiger partial charge in [-0.15, -0.1) is 0 Å². The molecule has 2 aromatic heterocycles. The minimum Gasteiger partial charge on any atom is -0.382 e. The van der Waals surface area contributed by atoms with Gasteiger partial charge in [0.15, 0.2) is 5.82 Å². The maximum Gasteiger partial charge on any atom is 0.224 e. The molecule has 0 fully saturated rings. The number of pyridine rings is 1. The molecule has 2 heterocycles. The highest BCUT2D eigenvalue weighted by Crippen LogP contribution is 2.31. The third-order valence-electron chi connectivity index (χ3n) is 4.23. The van der Waals surface area contributed by atoms with Crippen molar-refractivity contribution in [1.29, 1.82) is 0 Å². The number of carbonyl (C=O) groups excluding carboxylic acids is 1. The number of imidazole rings is 1. The van der Waals surface area contributed by atoms with Crippen molar-refractivity contribution in [3.05, 3.63) is 30.1 Å². The summed E-state index contributed by atoms with van der Waals surface area (Å²) in [6, 6.07) is 7.81. The van der Waals surface area contributed by atoms with Gasteiger partial charge in [-0.2, -0.15) is 0 Å². The van der Waals surface area contributed by atoms with Gasteiger partial charge in [0.25, 0.3) is 0 Å². The van der Waals surface area contributed by atoms with Gasteiger partial charge in [-0.05, 0) is 19.9 Å². The van der Waals surface area contributed by atoms with Crippen LogP contribution in [0.1, 0.15) is 26.6 Å². The van der Waals surface area contributed by atoms with Crippen LogP contribution in [0, 0.1) is 5.41 Å². The average molecular weight is 311 g/mol. The van der Waals surface area contributed by atoms with Crippen LogP contribution in [0.15, 0.2) is 24.3 Å². The molecule has 6 nitrogen and oxygen atoms in total. The van der Waals surface area contributed by atoms with Gasteiger partial charge in [-0.25, -0.2) is 9.97 Å². The van der Waals surface area contributed by atoms with E-state index >= 15 is 0 Å². The van der Waals surface area contributed by atoms with Crippen molar-refractivity contribution in [3.8, 4) is 0 Å². The first-order valence-corrected chi connectivity index (χ1v) is 7.68. The zero-order chi connectivity index (χ0) is 16.8. The van der Waals surface area contributed by atoms with Gasteiger partial charge >= 0.3 is 0 Å². The van der Waals surface area contributed by atoms with Crippen molar-refractivity contribution in [2.24, 2.45) is 11.1 Å². The summed E-state index contributed by atoms with van der Waals surface area (Å²) in [6.07, 6.45) is 0.733. The lowest BCUT2D eigenvalue weighted by Crippen LogP contribution is -2.35. The van der Waals surface area contributed by atoms with E-state index in [1.54, 1.807) is 0 Å². The number of aromatic nitrogens is 3. The largest absolute Gasteiger partial charge is 0.382 e. The summed E-state index contributed by atoms with van der Waals surface area (Å²) in [5.74, 6) is 0.941. The first kappa shape index (κ1) is 15.3. The molecule has 0 aliphatic rings. The predicted octanol–water partition coefficient (Wildman–Crippen LogP) is 2.24. The fourth-order valence-corrected chi connectivity index (χ4v) is 2.82. The van der Waals surface area contributed by atoms with Crippen molar-refractivity contribution >= 4 is 33.7 Å². The number of fused-ring (bicyclic) bond motifs is 3. The number of primary amides is 1. The fourth-order valence-electron chi connectivity index (χ4n) is 2.82. The Hall–Kier alpha value is -2.63. The zero-order valence-electron chi connectivity index (χ0n) is 13.6. The molecule has 0 aliphatic carbocycles. The third kappa shape index (κ3) is 2.40. The molecule has 4 N–H and O–H groups in total. The maximum atomic E-state index is 11.8. The second kappa shape index (κ2) is 5.22. The van der Waals surface area contributed by atoms with E-state index in [1.165, 1.54) is 0 Å². The molecule has 6 heteroatoms. The molecule has 1 aromatic carbocycles. The number of nitrogen functional groups attached to an aromatic ring is 1. The quantitative estimate of drug-likeness (QED) is 0.771. The molecule has 0 saturated heterocycles. The van der Waals surface area contributed by atoms with Crippen LogP contribution < -0.4 is 11.5 Å². The number of nitrogens with zero attached hydrogens (tertiary/aromatic N) is 3. The van der Waals surface area contributed by atoms with E-state index in [4.69, 9.17) is 11.5 Å². The highest BCUT2D eigenvalue weighted by Gasteiger charge is 2.28. The third-order valence-corrected chi connectivity index (χ3v) is 4.23. The number of amides is 1. The Kier molecular flexibility index (Phi) is 3.47. The summed E-state index contributed by atoms with van der Waals surface area (Å²) >= 11 is 0. The van der Waals surface area contributed by atoms with E-state index in [9.17, 15) is 4.79 Å². The molecule has 0 bridgehead atoms. The minimum absolute atomic E-state index is 0.340. The number of aryl methyl sites for hydroxylation is 1. The van der Waals surface area contributed by atoms with Crippen molar-refractivity contribution in [2.75, 3.05) is 5.73 Å². The number of anilines is 1. The van der Waals surface area contributed by atoms with Crippen molar-refractivity contribution in [3.63, 3.8) is 0 Å². The topological polar surface area (TPSA) is 99.8 Å². The van der Waals surface area contributed by atoms with Crippen LogP contribution in [-0.2, 0) is 17.8 Å². The molecule has 0 unspecified atom stereocenters. The molecule has 120 valence electrons. The molecular weight excluding hydrogens is 290 g/mol. The summed E-state index contributed by atoms with van der Waals surface area (Å²) < 4.78 is 2.06. The second-order valence-electron chi connectivity index (χ2n) is 6.43. The van der Waals surface area contributed by atoms with Crippen LogP contribution in [0.2, 0.25) is 0 Å². The van der Waals surface area contributed by atoms with Crippen LogP contribution >= 0.6 is 0 Å². The van der Waals surface area contributed by atoms with Gasteiger partial charge in [0, 0.05) is 18.4 Å². The van der Waals surface area contributed by atoms with E-state index in [0.29, 0.717) is 17.9 Å². The maximum absolute atomic E-state index is 11.8. The first-order chi connectivity index (χ1) is 10.8. The molecule has 0 aliphatic heterocycles. The summed E-state index contributed by atoms with van der Waals surface area (Å²) in [5.41, 5.74) is 13.4. The molecule has 3 rings (SSSR count). The SMILES string of the molecule is CCc1nc2c(N)nc3ccccc3c2n1CC(C)(C)C(N)=O. The number of nitrogens with two attached hydrogens (primary N) is 2. The van der Waals surface area contributed by atoms with Gasteiger partial charge in [0.05, 0.1) is 16.4 Å². The van der Waals surface area contributed by atoms with Crippen molar-refractivity contribution in [1.82, 2.24) is 14.5 Å². The number of para-hydroxylation sites is 1. The number of rotatable bonds is 4. The van der Waals surface area contributed by atoms with Crippen LogP contribution in [-0.4, -0.2) is 20.4 Å². The first-order valence-electron chi connectivity index (χ1n) is 7.68. The predicted molar refractivity (Wildman–Crippen MR) is 91.8 cm³/mol. The molecule has 1 amide bonds. The number of hydrogen-bond acceptors (Lipinski definition) is 4. The molecule has 0 radical (unpaired) electrons. The van der Waals surface area contributed by atoms with E-state index in [2.05, 4.69) is 14.5 Å². The van der Waals surface area contributed by atoms with Crippen LogP contribution in [0.25, 0.3) is 21.9 Å². The van der Waals surface area contributed by atoms with E-state index in [1.807, 2.05) is 45.0 Å². The zero-order valence-corrected chi connectivity index (χ0v) is 13.6. The van der Waals surface area contributed by atoms with Crippen LogP contribution in [0.5, 0.6) is 0 Å². The summed E-state index contributed by atoms with van der Waals surface area (Å²) in [6.45, 7) is 6.16. The van der Waals surface area contributed by atoms with E-state index in [0.717, 1.165) is 28.7 Å². The lowest BCUT2D eigenvalue weighted by Gasteiger charge is -2.23. The Balaban J connectivity index is 2.37. The lowest BCUT2D eigenvalue weighted by molar-refractivity contribution is -0.126. The molecule has 3 aromatic rings. The van der Waals surface area contributed by atoms with Gasteiger partial charge < -0.3 is 16.0 Å². The number of benzene rings is 1. The van der Waals surface area contributed by atoms with Gasteiger partial charge in [0.1, 0.15) is 11.3 Å². The minimum atomic E-state index is -0.684. The average Bonchev–Trinajstić information content (AvgIpc) is 2.86. The second-order valence-corrected chi connectivity index (χ2v) is 6.43. The summed E-state index contributed by atoms with van der Waals surface area (Å²) in [5, 5.41) is 0.976. The lowest BCUT2D eigenvalue weighted by atomic mass is 9.92. The van der Waals surface area contributed by atoms with Gasteiger partial charge in [-0.3, -0.25) is 4.79 Å².